The van der Waals surface area contributed by atoms with E-state index in [1.807, 2.05) is 37.3 Å². The van der Waals surface area contributed by atoms with Crippen molar-refractivity contribution in [2.75, 3.05) is 6.54 Å². The van der Waals surface area contributed by atoms with E-state index in [-0.39, 0.29) is 6.04 Å². The van der Waals surface area contributed by atoms with Gasteiger partial charge in [0.05, 0.1) is 0 Å². The minimum Gasteiger partial charge on any atom is -0.329 e. The number of benzene rings is 2. The summed E-state index contributed by atoms with van der Waals surface area (Å²) in [6, 6.07) is 16.5. The van der Waals surface area contributed by atoms with Gasteiger partial charge in [0.2, 0.25) is 0 Å². The SMILES string of the molecule is Cc1ccc(C(CN)NCc2ccccc2)cc1Cl. The zero-order chi connectivity index (χ0) is 13.7. The normalized spacial score (nSPS) is 12.4. The van der Waals surface area contributed by atoms with Gasteiger partial charge in [-0.05, 0) is 29.7 Å². The predicted molar refractivity (Wildman–Crippen MR) is 81.3 cm³/mol. The number of aryl methyl sites for hydroxylation is 1. The van der Waals surface area contributed by atoms with Gasteiger partial charge in [-0.2, -0.15) is 0 Å². The third-order valence-corrected chi connectivity index (χ3v) is 3.64. The fraction of sp³-hybridized carbons (Fsp3) is 0.250. The number of nitrogens with two attached hydrogens (primary N) is 1. The minimum atomic E-state index is 0.123. The fourth-order valence-electron chi connectivity index (χ4n) is 2.00. The molecule has 0 radical (unpaired) electrons. The van der Waals surface area contributed by atoms with Gasteiger partial charge >= 0.3 is 0 Å². The Balaban J connectivity index is 2.05. The van der Waals surface area contributed by atoms with E-state index in [0.29, 0.717) is 6.54 Å². The van der Waals surface area contributed by atoms with Gasteiger partial charge in [0.1, 0.15) is 0 Å². The van der Waals surface area contributed by atoms with Crippen LogP contribution in [0.3, 0.4) is 0 Å². The summed E-state index contributed by atoms with van der Waals surface area (Å²) in [5.41, 5.74) is 9.32. The summed E-state index contributed by atoms with van der Waals surface area (Å²) in [5.74, 6) is 0. The van der Waals surface area contributed by atoms with Crippen LogP contribution in [0.1, 0.15) is 22.7 Å². The molecule has 0 aliphatic rings. The van der Waals surface area contributed by atoms with Crippen molar-refractivity contribution in [3.63, 3.8) is 0 Å². The van der Waals surface area contributed by atoms with E-state index in [2.05, 4.69) is 23.5 Å². The van der Waals surface area contributed by atoms with Crippen molar-refractivity contribution >= 4 is 11.6 Å². The molecule has 0 bridgehead atoms. The molecule has 0 amide bonds. The highest BCUT2D eigenvalue weighted by atomic mass is 35.5. The molecule has 0 aliphatic heterocycles. The Kier molecular flexibility index (Phi) is 4.97. The number of nitrogens with one attached hydrogen (secondary N) is 1. The van der Waals surface area contributed by atoms with E-state index in [1.54, 1.807) is 0 Å². The maximum Gasteiger partial charge on any atom is 0.0447 e. The van der Waals surface area contributed by atoms with E-state index in [1.165, 1.54) is 5.56 Å². The van der Waals surface area contributed by atoms with Crippen molar-refractivity contribution < 1.29 is 0 Å². The second-order valence-electron chi connectivity index (χ2n) is 4.66. The number of hydrogen-bond donors (Lipinski definition) is 2. The molecule has 19 heavy (non-hydrogen) atoms. The zero-order valence-corrected chi connectivity index (χ0v) is 11.8. The summed E-state index contributed by atoms with van der Waals surface area (Å²) in [5, 5.41) is 4.25. The van der Waals surface area contributed by atoms with Gasteiger partial charge in [-0.15, -0.1) is 0 Å². The van der Waals surface area contributed by atoms with E-state index >= 15 is 0 Å². The van der Waals surface area contributed by atoms with Gasteiger partial charge in [0.25, 0.3) is 0 Å². The fourth-order valence-corrected chi connectivity index (χ4v) is 2.19. The zero-order valence-electron chi connectivity index (χ0n) is 11.1. The first-order valence-corrected chi connectivity index (χ1v) is 6.82. The Labute approximate surface area is 119 Å². The smallest absolute Gasteiger partial charge is 0.0447 e. The van der Waals surface area contributed by atoms with Gasteiger partial charge in [-0.25, -0.2) is 0 Å². The molecule has 0 aliphatic carbocycles. The second kappa shape index (κ2) is 6.71. The van der Waals surface area contributed by atoms with Gasteiger partial charge < -0.3 is 11.1 Å². The molecule has 2 rings (SSSR count). The van der Waals surface area contributed by atoms with Crippen LogP contribution in [0, 0.1) is 6.92 Å². The molecule has 2 nitrogen and oxygen atoms in total. The third-order valence-electron chi connectivity index (χ3n) is 3.23. The molecule has 2 aromatic carbocycles. The van der Waals surface area contributed by atoms with Gasteiger partial charge in [-0.3, -0.25) is 0 Å². The quantitative estimate of drug-likeness (QED) is 0.877. The van der Waals surface area contributed by atoms with Crippen molar-refractivity contribution in [1.82, 2.24) is 5.32 Å². The Morgan fingerprint density at radius 3 is 2.53 bits per heavy atom. The van der Waals surface area contributed by atoms with Gasteiger partial charge in [-0.1, -0.05) is 54.1 Å². The lowest BCUT2D eigenvalue weighted by atomic mass is 10.0. The molecule has 3 heteroatoms. The predicted octanol–water partition coefficient (Wildman–Crippen LogP) is 3.44. The van der Waals surface area contributed by atoms with Crippen molar-refractivity contribution in [1.29, 1.82) is 0 Å². The monoisotopic (exact) mass is 274 g/mol. The molecule has 0 heterocycles. The lowest BCUT2D eigenvalue weighted by Gasteiger charge is -2.18. The largest absolute Gasteiger partial charge is 0.329 e. The summed E-state index contributed by atoms with van der Waals surface area (Å²) >= 11 is 6.16. The second-order valence-corrected chi connectivity index (χ2v) is 5.07. The standard InChI is InChI=1S/C16H19ClN2/c1-12-7-8-14(9-15(12)17)16(10-18)19-11-13-5-3-2-4-6-13/h2-9,16,19H,10-11,18H2,1H3. The molecule has 0 saturated heterocycles. The Morgan fingerprint density at radius 1 is 1.16 bits per heavy atom. The van der Waals surface area contributed by atoms with E-state index < -0.39 is 0 Å². The highest BCUT2D eigenvalue weighted by Crippen LogP contribution is 2.21. The van der Waals surface area contributed by atoms with Crippen LogP contribution in [-0.4, -0.2) is 6.54 Å². The van der Waals surface area contributed by atoms with Crippen LogP contribution >= 0.6 is 11.6 Å². The highest BCUT2D eigenvalue weighted by molar-refractivity contribution is 6.31. The lowest BCUT2D eigenvalue weighted by Crippen LogP contribution is -2.27. The van der Waals surface area contributed by atoms with Crippen molar-refractivity contribution in [2.24, 2.45) is 5.73 Å². The molecule has 1 unspecified atom stereocenters. The maximum absolute atomic E-state index is 6.16. The van der Waals surface area contributed by atoms with E-state index in [9.17, 15) is 0 Å². The van der Waals surface area contributed by atoms with Crippen LogP contribution in [0.25, 0.3) is 0 Å². The van der Waals surface area contributed by atoms with E-state index in [0.717, 1.165) is 22.7 Å². The van der Waals surface area contributed by atoms with E-state index in [4.69, 9.17) is 17.3 Å². The summed E-state index contributed by atoms with van der Waals surface area (Å²) in [6.45, 7) is 3.35. The molecule has 100 valence electrons. The number of halogens is 1. The van der Waals surface area contributed by atoms with Crippen molar-refractivity contribution in [2.45, 2.75) is 19.5 Å². The molecule has 0 spiro atoms. The average Bonchev–Trinajstić information content (AvgIpc) is 2.44. The molecule has 0 aromatic heterocycles. The first-order valence-electron chi connectivity index (χ1n) is 6.44. The van der Waals surface area contributed by atoms with Gasteiger partial charge in [0.15, 0.2) is 0 Å². The minimum absolute atomic E-state index is 0.123. The number of hydrogen-bond acceptors (Lipinski definition) is 2. The highest BCUT2D eigenvalue weighted by Gasteiger charge is 2.10. The molecule has 0 fully saturated rings. The number of rotatable bonds is 5. The van der Waals surface area contributed by atoms with Crippen LogP contribution < -0.4 is 11.1 Å². The Hall–Kier alpha value is -1.35. The van der Waals surface area contributed by atoms with Crippen LogP contribution in [0.15, 0.2) is 48.5 Å². The van der Waals surface area contributed by atoms with Crippen molar-refractivity contribution in [3.8, 4) is 0 Å². The van der Waals surface area contributed by atoms with Crippen LogP contribution in [-0.2, 0) is 6.54 Å². The van der Waals surface area contributed by atoms with Gasteiger partial charge in [0, 0.05) is 24.2 Å². The third kappa shape index (κ3) is 3.80. The Bertz CT molecular complexity index is 526. The summed E-state index contributed by atoms with van der Waals surface area (Å²) < 4.78 is 0. The average molecular weight is 275 g/mol. The molecule has 1 atom stereocenters. The maximum atomic E-state index is 6.16. The summed E-state index contributed by atoms with van der Waals surface area (Å²) in [4.78, 5) is 0. The lowest BCUT2D eigenvalue weighted by molar-refractivity contribution is 0.542. The first kappa shape index (κ1) is 14.1. The topological polar surface area (TPSA) is 38.0 Å². The summed E-state index contributed by atoms with van der Waals surface area (Å²) in [7, 11) is 0. The van der Waals surface area contributed by atoms with Crippen LogP contribution in [0.5, 0.6) is 0 Å². The molecule has 2 aromatic rings. The molecular formula is C16H19ClN2. The van der Waals surface area contributed by atoms with Crippen LogP contribution in [0.2, 0.25) is 5.02 Å². The van der Waals surface area contributed by atoms with Crippen LogP contribution in [0.4, 0.5) is 0 Å². The Morgan fingerprint density at radius 2 is 1.89 bits per heavy atom. The van der Waals surface area contributed by atoms with Crippen molar-refractivity contribution in [3.05, 3.63) is 70.2 Å². The first-order chi connectivity index (χ1) is 9.20. The summed E-state index contributed by atoms with van der Waals surface area (Å²) in [6.07, 6.45) is 0. The molecule has 3 N–H and O–H groups in total. The molecular weight excluding hydrogens is 256 g/mol. The molecule has 0 saturated carbocycles.